The number of hydrogen-bond donors (Lipinski definition) is 1. The van der Waals surface area contributed by atoms with Crippen molar-refractivity contribution in [2.24, 2.45) is 17.8 Å². The van der Waals surface area contributed by atoms with E-state index in [9.17, 15) is 4.79 Å². The Kier molecular flexibility index (Phi) is 5.14. The zero-order valence-electron chi connectivity index (χ0n) is 15.4. The van der Waals surface area contributed by atoms with Crippen molar-refractivity contribution in [3.8, 4) is 0 Å². The maximum absolute atomic E-state index is 12.0. The first kappa shape index (κ1) is 16.8. The number of likely N-dealkylation sites (tertiary alicyclic amines) is 1. The van der Waals surface area contributed by atoms with E-state index in [-0.39, 0.29) is 5.91 Å². The molecule has 3 aliphatic heterocycles. The summed E-state index contributed by atoms with van der Waals surface area (Å²) in [6.07, 6.45) is 11.2. The maximum Gasteiger partial charge on any atom is 0.220 e. The second-order valence-electron chi connectivity index (χ2n) is 8.88. The molecule has 3 saturated heterocycles. The highest BCUT2D eigenvalue weighted by atomic mass is 16.1. The third-order valence-electron chi connectivity index (χ3n) is 7.12. The Labute approximate surface area is 147 Å². The number of piperidine rings is 3. The van der Waals surface area contributed by atoms with E-state index in [1.54, 1.807) is 0 Å². The zero-order valence-corrected chi connectivity index (χ0v) is 15.4. The molecule has 0 spiro atoms. The molecule has 4 atom stereocenters. The molecule has 1 amide bonds. The van der Waals surface area contributed by atoms with E-state index in [2.05, 4.69) is 22.2 Å². The number of rotatable bonds is 6. The fourth-order valence-electron chi connectivity index (χ4n) is 5.78. The number of carbonyl (C=O) groups is 1. The molecule has 0 bridgehead atoms. The Morgan fingerprint density at radius 1 is 1.12 bits per heavy atom. The van der Waals surface area contributed by atoms with Gasteiger partial charge in [0.25, 0.3) is 0 Å². The Hall–Kier alpha value is -0.610. The quantitative estimate of drug-likeness (QED) is 0.811. The van der Waals surface area contributed by atoms with Crippen LogP contribution in [-0.4, -0.2) is 61.0 Å². The molecule has 1 saturated carbocycles. The van der Waals surface area contributed by atoms with Crippen molar-refractivity contribution in [3.05, 3.63) is 0 Å². The summed E-state index contributed by atoms with van der Waals surface area (Å²) in [5, 5.41) is 3.12. The van der Waals surface area contributed by atoms with Crippen LogP contribution in [-0.2, 0) is 4.79 Å². The molecule has 4 rings (SSSR count). The van der Waals surface area contributed by atoms with E-state index in [0.717, 1.165) is 43.2 Å². The summed E-state index contributed by atoms with van der Waals surface area (Å²) < 4.78 is 0. The SMILES string of the molecule is CN1C[C@@H]2CCCN3CCC[C@@H]([C@H]23)[C@H]1CCCC(=O)NCC1CC1. The smallest absolute Gasteiger partial charge is 0.220 e. The summed E-state index contributed by atoms with van der Waals surface area (Å²) in [6, 6.07) is 1.54. The highest BCUT2D eigenvalue weighted by molar-refractivity contribution is 5.75. The molecule has 136 valence electrons. The largest absolute Gasteiger partial charge is 0.356 e. The number of carbonyl (C=O) groups excluding carboxylic acids is 1. The first-order valence-corrected chi connectivity index (χ1v) is 10.4. The van der Waals surface area contributed by atoms with Crippen LogP contribution in [0.3, 0.4) is 0 Å². The number of nitrogens with zero attached hydrogens (tertiary/aromatic N) is 2. The van der Waals surface area contributed by atoms with Gasteiger partial charge >= 0.3 is 0 Å². The molecule has 4 fully saturated rings. The molecule has 4 heteroatoms. The van der Waals surface area contributed by atoms with Crippen LogP contribution in [0.25, 0.3) is 0 Å². The summed E-state index contributed by atoms with van der Waals surface area (Å²) in [7, 11) is 2.33. The number of nitrogens with one attached hydrogen (secondary N) is 1. The van der Waals surface area contributed by atoms with Gasteiger partial charge in [-0.05, 0) is 89.3 Å². The molecule has 24 heavy (non-hydrogen) atoms. The summed E-state index contributed by atoms with van der Waals surface area (Å²) in [6.45, 7) is 4.86. The predicted octanol–water partition coefficient (Wildman–Crippen LogP) is 2.49. The van der Waals surface area contributed by atoms with Gasteiger partial charge in [-0.2, -0.15) is 0 Å². The minimum Gasteiger partial charge on any atom is -0.356 e. The lowest BCUT2D eigenvalue weighted by molar-refractivity contribution is -0.121. The lowest BCUT2D eigenvalue weighted by Gasteiger charge is -2.57. The van der Waals surface area contributed by atoms with Gasteiger partial charge in [0, 0.05) is 31.6 Å². The second-order valence-corrected chi connectivity index (χ2v) is 8.88. The van der Waals surface area contributed by atoms with E-state index in [0.29, 0.717) is 6.04 Å². The average Bonchev–Trinajstić information content (AvgIpc) is 3.40. The molecule has 1 N–H and O–H groups in total. The van der Waals surface area contributed by atoms with Crippen LogP contribution in [0.15, 0.2) is 0 Å². The van der Waals surface area contributed by atoms with Crippen LogP contribution in [0, 0.1) is 17.8 Å². The molecule has 0 aromatic heterocycles. The minimum absolute atomic E-state index is 0.279. The second kappa shape index (κ2) is 7.33. The normalized spacial score (nSPS) is 37.0. The van der Waals surface area contributed by atoms with Gasteiger partial charge in [0.05, 0.1) is 0 Å². The van der Waals surface area contributed by atoms with Crippen LogP contribution in [0.5, 0.6) is 0 Å². The first-order valence-electron chi connectivity index (χ1n) is 10.4. The van der Waals surface area contributed by atoms with Gasteiger partial charge in [-0.25, -0.2) is 0 Å². The molecule has 4 aliphatic rings. The fraction of sp³-hybridized carbons (Fsp3) is 0.950. The van der Waals surface area contributed by atoms with Gasteiger partial charge in [-0.1, -0.05) is 0 Å². The average molecular weight is 334 g/mol. The summed E-state index contributed by atoms with van der Waals surface area (Å²) in [5.74, 6) is 2.81. The summed E-state index contributed by atoms with van der Waals surface area (Å²) in [5.41, 5.74) is 0. The molecule has 0 aromatic carbocycles. The van der Waals surface area contributed by atoms with Crippen molar-refractivity contribution in [1.82, 2.24) is 15.1 Å². The molecule has 0 aromatic rings. The van der Waals surface area contributed by atoms with Crippen molar-refractivity contribution in [2.75, 3.05) is 33.2 Å². The third kappa shape index (κ3) is 3.65. The highest BCUT2D eigenvalue weighted by Gasteiger charge is 2.47. The van der Waals surface area contributed by atoms with Gasteiger partial charge in [0.2, 0.25) is 5.91 Å². The number of hydrogen-bond acceptors (Lipinski definition) is 3. The molecular weight excluding hydrogens is 298 g/mol. The van der Waals surface area contributed by atoms with E-state index < -0.39 is 0 Å². The van der Waals surface area contributed by atoms with E-state index in [1.807, 2.05) is 0 Å². The monoisotopic (exact) mass is 333 g/mol. The van der Waals surface area contributed by atoms with Crippen LogP contribution in [0.1, 0.15) is 57.8 Å². The maximum atomic E-state index is 12.0. The van der Waals surface area contributed by atoms with Crippen molar-refractivity contribution < 1.29 is 4.79 Å². The Morgan fingerprint density at radius 2 is 1.92 bits per heavy atom. The molecule has 4 nitrogen and oxygen atoms in total. The van der Waals surface area contributed by atoms with Crippen LogP contribution >= 0.6 is 0 Å². The third-order valence-corrected chi connectivity index (χ3v) is 7.12. The summed E-state index contributed by atoms with van der Waals surface area (Å²) in [4.78, 5) is 17.5. The zero-order chi connectivity index (χ0) is 16.5. The minimum atomic E-state index is 0.279. The van der Waals surface area contributed by atoms with Gasteiger partial charge < -0.3 is 10.2 Å². The van der Waals surface area contributed by atoms with E-state index in [1.165, 1.54) is 64.6 Å². The van der Waals surface area contributed by atoms with Gasteiger partial charge in [0.1, 0.15) is 0 Å². The fourth-order valence-corrected chi connectivity index (χ4v) is 5.78. The Bertz CT molecular complexity index is 448. The van der Waals surface area contributed by atoms with Crippen molar-refractivity contribution in [1.29, 1.82) is 0 Å². The van der Waals surface area contributed by atoms with Crippen LogP contribution < -0.4 is 5.32 Å². The topological polar surface area (TPSA) is 35.6 Å². The van der Waals surface area contributed by atoms with E-state index in [4.69, 9.17) is 0 Å². The predicted molar refractivity (Wildman–Crippen MR) is 96.8 cm³/mol. The molecule has 0 radical (unpaired) electrons. The highest BCUT2D eigenvalue weighted by Crippen LogP contribution is 2.42. The van der Waals surface area contributed by atoms with E-state index >= 15 is 0 Å². The van der Waals surface area contributed by atoms with Crippen molar-refractivity contribution in [2.45, 2.75) is 69.9 Å². The lowest BCUT2D eigenvalue weighted by atomic mass is 9.69. The first-order chi connectivity index (χ1) is 11.7. The Morgan fingerprint density at radius 3 is 2.71 bits per heavy atom. The van der Waals surface area contributed by atoms with Crippen molar-refractivity contribution >= 4 is 5.91 Å². The molecule has 3 heterocycles. The van der Waals surface area contributed by atoms with Crippen LogP contribution in [0.4, 0.5) is 0 Å². The van der Waals surface area contributed by atoms with Gasteiger partial charge in [0.15, 0.2) is 0 Å². The van der Waals surface area contributed by atoms with Gasteiger partial charge in [-0.3, -0.25) is 9.69 Å². The van der Waals surface area contributed by atoms with Crippen molar-refractivity contribution in [3.63, 3.8) is 0 Å². The Balaban J connectivity index is 1.29. The number of amides is 1. The molecule has 0 unspecified atom stereocenters. The van der Waals surface area contributed by atoms with Crippen LogP contribution in [0.2, 0.25) is 0 Å². The van der Waals surface area contributed by atoms with Gasteiger partial charge in [-0.15, -0.1) is 0 Å². The molecular formula is C20H35N3O. The lowest BCUT2D eigenvalue weighted by Crippen LogP contribution is -2.63. The summed E-state index contributed by atoms with van der Waals surface area (Å²) >= 11 is 0. The molecule has 1 aliphatic carbocycles. The standard InChI is InChI=1S/C20H35N3O/c1-22-14-16-5-3-11-23-12-4-6-17(20(16)23)18(22)7-2-8-19(24)21-13-15-9-10-15/h15-18,20H,2-14H2,1H3,(H,21,24)/t16-,17+,18+,20-/m0/s1.